The number of aliphatic hydroxyl groups is 1. The Hall–Kier alpha value is -0.120. The zero-order chi connectivity index (χ0) is 8.44. The Labute approximate surface area is 73.1 Å². The molecular weight excluding hydrogens is 154 g/mol. The van der Waals surface area contributed by atoms with Gasteiger partial charge < -0.3 is 15.2 Å². The van der Waals surface area contributed by atoms with Gasteiger partial charge in [-0.25, -0.2) is 0 Å². The van der Waals surface area contributed by atoms with Crippen LogP contribution in [0.15, 0.2) is 0 Å². The molecular formula is C9H17NO2. The second-order valence-electron chi connectivity index (χ2n) is 4.00. The van der Waals surface area contributed by atoms with Crippen molar-refractivity contribution in [3.8, 4) is 0 Å². The Morgan fingerprint density at radius 1 is 1.42 bits per heavy atom. The molecule has 12 heavy (non-hydrogen) atoms. The van der Waals surface area contributed by atoms with Crippen LogP contribution in [0.1, 0.15) is 19.3 Å². The lowest BCUT2D eigenvalue weighted by atomic mass is 9.86. The van der Waals surface area contributed by atoms with Crippen LogP contribution < -0.4 is 5.32 Å². The Balaban J connectivity index is 1.94. The van der Waals surface area contributed by atoms with E-state index in [9.17, 15) is 0 Å². The normalized spacial score (nSPS) is 34.2. The highest BCUT2D eigenvalue weighted by Crippen LogP contribution is 2.36. The molecule has 2 rings (SSSR count). The van der Waals surface area contributed by atoms with Gasteiger partial charge >= 0.3 is 0 Å². The van der Waals surface area contributed by atoms with Crippen LogP contribution in [0, 0.1) is 5.92 Å². The summed E-state index contributed by atoms with van der Waals surface area (Å²) in [7, 11) is 0. The topological polar surface area (TPSA) is 41.5 Å². The highest BCUT2D eigenvalue weighted by molar-refractivity contribution is 4.92. The zero-order valence-corrected chi connectivity index (χ0v) is 7.38. The van der Waals surface area contributed by atoms with Gasteiger partial charge in [-0.1, -0.05) is 0 Å². The minimum absolute atomic E-state index is 0.124. The van der Waals surface area contributed by atoms with Crippen molar-refractivity contribution < 1.29 is 9.84 Å². The third-order valence-electron chi connectivity index (χ3n) is 3.06. The average molecular weight is 171 g/mol. The first-order valence-electron chi connectivity index (χ1n) is 4.80. The van der Waals surface area contributed by atoms with E-state index < -0.39 is 0 Å². The molecule has 0 aromatic heterocycles. The van der Waals surface area contributed by atoms with Crippen molar-refractivity contribution in [1.82, 2.24) is 5.32 Å². The van der Waals surface area contributed by atoms with Gasteiger partial charge in [-0.15, -0.1) is 0 Å². The molecule has 2 aliphatic heterocycles. The van der Waals surface area contributed by atoms with Crippen LogP contribution in [0.5, 0.6) is 0 Å². The predicted octanol–water partition coefficient (Wildman–Crippen LogP) is 0.137. The lowest BCUT2D eigenvalue weighted by Gasteiger charge is -2.32. The number of ether oxygens (including phenoxy) is 1. The molecule has 0 aliphatic carbocycles. The van der Waals surface area contributed by atoms with E-state index in [4.69, 9.17) is 9.84 Å². The molecule has 1 atom stereocenters. The van der Waals surface area contributed by atoms with E-state index in [0.717, 1.165) is 39.0 Å². The van der Waals surface area contributed by atoms with Gasteiger partial charge in [-0.2, -0.15) is 0 Å². The maximum atomic E-state index is 8.98. The zero-order valence-electron chi connectivity index (χ0n) is 7.38. The van der Waals surface area contributed by atoms with Gasteiger partial charge in [0.2, 0.25) is 0 Å². The van der Waals surface area contributed by atoms with Crippen LogP contribution in [-0.4, -0.2) is 37.0 Å². The molecule has 0 aromatic rings. The lowest BCUT2D eigenvalue weighted by molar-refractivity contribution is -0.0200. The molecule has 70 valence electrons. The molecule has 3 nitrogen and oxygen atoms in total. The number of nitrogens with one attached hydrogen (secondary N) is 1. The number of hydrogen-bond donors (Lipinski definition) is 2. The highest BCUT2D eigenvalue weighted by Gasteiger charge is 2.40. The quantitative estimate of drug-likeness (QED) is 0.589. The van der Waals surface area contributed by atoms with E-state index in [1.54, 1.807) is 0 Å². The van der Waals surface area contributed by atoms with Gasteiger partial charge in [-0.3, -0.25) is 0 Å². The van der Waals surface area contributed by atoms with Gasteiger partial charge in [-0.05, 0) is 32.4 Å². The van der Waals surface area contributed by atoms with E-state index in [1.165, 1.54) is 0 Å². The first kappa shape index (κ1) is 8.48. The first-order chi connectivity index (χ1) is 5.85. The molecule has 1 spiro atoms. The Morgan fingerprint density at radius 3 is 2.75 bits per heavy atom. The fraction of sp³-hybridized carbons (Fsp3) is 1.00. The van der Waals surface area contributed by atoms with Crippen LogP contribution in [0.4, 0.5) is 0 Å². The lowest BCUT2D eigenvalue weighted by Crippen LogP contribution is -2.41. The van der Waals surface area contributed by atoms with Crippen molar-refractivity contribution in [1.29, 1.82) is 0 Å². The van der Waals surface area contributed by atoms with E-state index in [0.29, 0.717) is 5.92 Å². The summed E-state index contributed by atoms with van der Waals surface area (Å²) in [5.74, 6) is 0.392. The second kappa shape index (κ2) is 3.32. The molecule has 3 heteroatoms. The van der Waals surface area contributed by atoms with E-state index in [2.05, 4.69) is 5.32 Å². The maximum Gasteiger partial charge on any atom is 0.0711 e. The van der Waals surface area contributed by atoms with Gasteiger partial charge in [0.1, 0.15) is 0 Å². The van der Waals surface area contributed by atoms with Crippen molar-refractivity contribution >= 4 is 0 Å². The van der Waals surface area contributed by atoms with Crippen molar-refractivity contribution in [3.63, 3.8) is 0 Å². The van der Waals surface area contributed by atoms with Gasteiger partial charge in [0, 0.05) is 12.5 Å². The maximum absolute atomic E-state index is 8.98. The summed E-state index contributed by atoms with van der Waals surface area (Å²) in [6.07, 6.45) is 3.29. The van der Waals surface area contributed by atoms with Gasteiger partial charge in [0.15, 0.2) is 0 Å². The monoisotopic (exact) mass is 171 g/mol. The van der Waals surface area contributed by atoms with E-state index in [-0.39, 0.29) is 12.2 Å². The Morgan fingerprint density at radius 2 is 2.17 bits per heavy atom. The number of rotatable bonds is 1. The predicted molar refractivity (Wildman–Crippen MR) is 46.0 cm³/mol. The Kier molecular flexibility index (Phi) is 2.35. The molecule has 0 unspecified atom stereocenters. The summed E-state index contributed by atoms with van der Waals surface area (Å²) in [6, 6.07) is 0. The fourth-order valence-corrected chi connectivity index (χ4v) is 2.29. The molecule has 2 N–H and O–H groups in total. The fourth-order valence-electron chi connectivity index (χ4n) is 2.29. The van der Waals surface area contributed by atoms with Crippen molar-refractivity contribution in [2.24, 2.45) is 5.92 Å². The molecule has 2 aliphatic rings. The van der Waals surface area contributed by atoms with Crippen LogP contribution >= 0.6 is 0 Å². The SMILES string of the molecule is OC[C@H]1COC2(CCNCC2)C1. The number of hydrogen-bond acceptors (Lipinski definition) is 3. The summed E-state index contributed by atoms with van der Waals surface area (Å²) in [6.45, 7) is 3.18. The molecule has 0 amide bonds. The van der Waals surface area contributed by atoms with Crippen LogP contribution in [0.25, 0.3) is 0 Å². The summed E-state index contributed by atoms with van der Waals surface area (Å²) < 4.78 is 5.78. The second-order valence-corrected chi connectivity index (χ2v) is 4.00. The summed E-state index contributed by atoms with van der Waals surface area (Å²) in [4.78, 5) is 0. The molecule has 0 radical (unpaired) electrons. The van der Waals surface area contributed by atoms with E-state index in [1.807, 2.05) is 0 Å². The van der Waals surface area contributed by atoms with Crippen LogP contribution in [0.2, 0.25) is 0 Å². The number of piperidine rings is 1. The van der Waals surface area contributed by atoms with Crippen molar-refractivity contribution in [2.45, 2.75) is 24.9 Å². The van der Waals surface area contributed by atoms with Crippen molar-refractivity contribution in [2.75, 3.05) is 26.3 Å². The van der Waals surface area contributed by atoms with Crippen molar-refractivity contribution in [3.05, 3.63) is 0 Å². The van der Waals surface area contributed by atoms with Gasteiger partial charge in [0.05, 0.1) is 12.2 Å². The summed E-state index contributed by atoms with van der Waals surface area (Å²) >= 11 is 0. The highest BCUT2D eigenvalue weighted by atomic mass is 16.5. The third kappa shape index (κ3) is 1.49. The van der Waals surface area contributed by atoms with Crippen LogP contribution in [0.3, 0.4) is 0 Å². The molecule has 2 heterocycles. The third-order valence-corrected chi connectivity index (χ3v) is 3.06. The molecule has 0 bridgehead atoms. The smallest absolute Gasteiger partial charge is 0.0711 e. The minimum atomic E-state index is 0.124. The molecule has 0 saturated carbocycles. The molecule has 0 aromatic carbocycles. The van der Waals surface area contributed by atoms with Crippen LogP contribution in [-0.2, 0) is 4.74 Å². The Bertz CT molecular complexity index is 155. The molecule has 2 fully saturated rings. The largest absolute Gasteiger partial charge is 0.396 e. The number of aliphatic hydroxyl groups excluding tert-OH is 1. The summed E-state index contributed by atoms with van der Waals surface area (Å²) in [5, 5.41) is 12.3. The first-order valence-corrected chi connectivity index (χ1v) is 4.80. The summed E-state index contributed by atoms with van der Waals surface area (Å²) in [5.41, 5.74) is 0.124. The average Bonchev–Trinajstić information content (AvgIpc) is 2.50. The van der Waals surface area contributed by atoms with E-state index >= 15 is 0 Å². The standard InChI is InChI=1S/C9H17NO2/c11-6-8-5-9(12-7-8)1-3-10-4-2-9/h8,10-11H,1-7H2/t8-/m0/s1. The van der Waals surface area contributed by atoms with Gasteiger partial charge in [0.25, 0.3) is 0 Å². The minimum Gasteiger partial charge on any atom is -0.396 e. The molecule has 2 saturated heterocycles.